The Bertz CT molecular complexity index is 2200. The fourth-order valence-electron chi connectivity index (χ4n) is 5.48. The first-order valence-corrected chi connectivity index (χ1v) is 15.6. The van der Waals surface area contributed by atoms with Gasteiger partial charge in [0.2, 0.25) is 11.7 Å². The molecular weight excluding hydrogens is 646 g/mol. The average molecular weight is 682 g/mol. The van der Waals surface area contributed by atoms with E-state index in [0.717, 1.165) is 5.56 Å². The molecule has 0 aliphatic carbocycles. The Balaban J connectivity index is 1.39. The number of carboxylic acid groups (broad SMARTS) is 1. The normalized spacial score (nSPS) is 11.1. The second-order valence-corrected chi connectivity index (χ2v) is 11.1. The molecule has 0 bridgehead atoms. The number of oxazole rings is 1. The van der Waals surface area contributed by atoms with Crippen LogP contribution in [0.25, 0.3) is 33.9 Å². The minimum Gasteiger partial charge on any atom is -0.497 e. The van der Waals surface area contributed by atoms with Crippen LogP contribution in [0.4, 0.5) is 0 Å². The summed E-state index contributed by atoms with van der Waals surface area (Å²) in [6.45, 7) is 4.41. The van der Waals surface area contributed by atoms with Gasteiger partial charge in [0.25, 0.3) is 5.91 Å². The fraction of sp³-hybridized carbons (Fsp3) is 0.257. The second kappa shape index (κ2) is 14.0. The van der Waals surface area contributed by atoms with Gasteiger partial charge in [0.05, 0.1) is 33.0 Å². The molecule has 50 heavy (non-hydrogen) atoms. The van der Waals surface area contributed by atoms with Gasteiger partial charge in [-0.3, -0.25) is 14.2 Å². The number of amides is 1. The van der Waals surface area contributed by atoms with Crippen LogP contribution in [0, 0.1) is 6.92 Å². The van der Waals surface area contributed by atoms with Gasteiger partial charge in [0.1, 0.15) is 46.6 Å². The van der Waals surface area contributed by atoms with Crippen LogP contribution in [0.1, 0.15) is 44.8 Å². The molecule has 6 aromatic rings. The smallest absolute Gasteiger partial charge is 0.374 e. The number of benzene rings is 2. The van der Waals surface area contributed by atoms with Gasteiger partial charge in [0.15, 0.2) is 11.4 Å². The molecule has 4 aromatic heterocycles. The first kappa shape index (κ1) is 33.5. The maximum atomic E-state index is 13.5. The predicted octanol–water partition coefficient (Wildman–Crippen LogP) is 5.05. The fourth-order valence-corrected chi connectivity index (χ4v) is 5.48. The maximum absolute atomic E-state index is 13.5. The predicted molar refractivity (Wildman–Crippen MR) is 181 cm³/mol. The zero-order valence-electron chi connectivity index (χ0n) is 28.3. The molecule has 1 amide bonds. The van der Waals surface area contributed by atoms with Crippen LogP contribution in [-0.4, -0.2) is 67.8 Å². The summed E-state index contributed by atoms with van der Waals surface area (Å²) in [5.41, 5.74) is 3.08. The molecule has 15 nitrogen and oxygen atoms in total. The number of fused-ring (bicyclic) bond motifs is 1. The van der Waals surface area contributed by atoms with Gasteiger partial charge in [-0.05, 0) is 49.7 Å². The number of rotatable bonds is 13. The van der Waals surface area contributed by atoms with Gasteiger partial charge >= 0.3 is 5.97 Å². The standard InChI is InChI=1S/C35H35N7O8/c1-7-42-30(31(19(2)40-42)49-18-20-8-11-22(46-4)12-9-20)34-39-29(32(50-34)35(44)45)28-24-17-37-41(3)26(24)15-25(38-28)33(43)36-16-21-10-13-23(47-5)14-27(21)48-6/h8-15,17H,7,16,18H2,1-6H3,(H,36,43)(H,44,45). The highest BCUT2D eigenvalue weighted by Crippen LogP contribution is 2.38. The molecule has 4 heterocycles. The molecule has 0 aliphatic rings. The number of aromatic nitrogens is 6. The number of hydrogen-bond acceptors (Lipinski definition) is 11. The third-order valence-electron chi connectivity index (χ3n) is 8.07. The van der Waals surface area contributed by atoms with Crippen molar-refractivity contribution >= 4 is 22.8 Å². The number of carboxylic acids is 1. The third kappa shape index (κ3) is 6.40. The van der Waals surface area contributed by atoms with E-state index in [1.54, 1.807) is 61.8 Å². The van der Waals surface area contributed by atoms with E-state index in [-0.39, 0.29) is 36.1 Å². The molecule has 0 saturated heterocycles. The molecule has 0 fully saturated rings. The lowest BCUT2D eigenvalue weighted by molar-refractivity contribution is 0.0664. The molecule has 0 unspecified atom stereocenters. The van der Waals surface area contributed by atoms with Gasteiger partial charge in [-0.15, -0.1) is 0 Å². The van der Waals surface area contributed by atoms with Crippen molar-refractivity contribution in [3.63, 3.8) is 0 Å². The van der Waals surface area contributed by atoms with Crippen LogP contribution in [0.2, 0.25) is 0 Å². The molecule has 0 atom stereocenters. The minimum absolute atomic E-state index is 0.0161. The van der Waals surface area contributed by atoms with E-state index in [9.17, 15) is 14.7 Å². The van der Waals surface area contributed by atoms with Crippen molar-refractivity contribution in [1.29, 1.82) is 0 Å². The number of ether oxygens (including phenoxy) is 4. The molecule has 15 heteroatoms. The van der Waals surface area contributed by atoms with Crippen LogP contribution in [0.5, 0.6) is 23.0 Å². The summed E-state index contributed by atoms with van der Waals surface area (Å²) in [4.78, 5) is 35.4. The van der Waals surface area contributed by atoms with Crippen molar-refractivity contribution < 1.29 is 38.1 Å². The summed E-state index contributed by atoms with van der Waals surface area (Å²) in [7, 11) is 6.38. The Labute approximate surface area is 286 Å². The number of carbonyl (C=O) groups excluding carboxylic acids is 1. The topological polar surface area (TPSA) is 178 Å². The van der Waals surface area contributed by atoms with Crippen molar-refractivity contribution in [1.82, 2.24) is 34.8 Å². The van der Waals surface area contributed by atoms with E-state index in [0.29, 0.717) is 57.4 Å². The van der Waals surface area contributed by atoms with Gasteiger partial charge in [0, 0.05) is 37.2 Å². The lowest BCUT2D eigenvalue weighted by Crippen LogP contribution is -2.24. The second-order valence-electron chi connectivity index (χ2n) is 11.1. The zero-order chi connectivity index (χ0) is 35.5. The Morgan fingerprint density at radius 1 is 0.960 bits per heavy atom. The number of pyridine rings is 1. The maximum Gasteiger partial charge on any atom is 0.374 e. The van der Waals surface area contributed by atoms with E-state index >= 15 is 0 Å². The molecule has 258 valence electrons. The number of nitrogens with zero attached hydrogens (tertiary/aromatic N) is 6. The summed E-state index contributed by atoms with van der Waals surface area (Å²) < 4.78 is 31.3. The molecule has 0 saturated carbocycles. The van der Waals surface area contributed by atoms with Crippen molar-refractivity contribution in [2.45, 2.75) is 33.5 Å². The number of methoxy groups -OCH3 is 3. The Hall–Kier alpha value is -6.38. The van der Waals surface area contributed by atoms with Gasteiger partial charge < -0.3 is 33.8 Å². The van der Waals surface area contributed by atoms with Crippen LogP contribution in [0.3, 0.4) is 0 Å². The SMILES string of the molecule is CCn1nc(C)c(OCc2ccc(OC)cc2)c1-c1nc(-c2nc(C(=O)NCc3ccc(OC)cc3OC)cc3c2cnn3C)c(C(=O)O)o1. The molecule has 0 aliphatic heterocycles. The van der Waals surface area contributed by atoms with Crippen LogP contribution in [0.15, 0.2) is 59.1 Å². The van der Waals surface area contributed by atoms with Gasteiger partial charge in [-0.25, -0.2) is 14.8 Å². The van der Waals surface area contributed by atoms with Crippen molar-refractivity contribution in [2.24, 2.45) is 7.05 Å². The number of nitrogens with one attached hydrogen (secondary N) is 1. The van der Waals surface area contributed by atoms with Crippen molar-refractivity contribution in [3.8, 4) is 46.0 Å². The molecular formula is C35H35N7O8. The molecule has 0 radical (unpaired) electrons. The van der Waals surface area contributed by atoms with Crippen LogP contribution in [-0.2, 0) is 26.7 Å². The summed E-state index contributed by atoms with van der Waals surface area (Å²) in [6.07, 6.45) is 1.53. The number of aromatic carboxylic acids is 1. The van der Waals surface area contributed by atoms with Gasteiger partial charge in [-0.2, -0.15) is 10.2 Å². The molecule has 2 aromatic carbocycles. The number of hydrogen-bond donors (Lipinski definition) is 2. The summed E-state index contributed by atoms with van der Waals surface area (Å²) in [5, 5.41) is 22.5. The Morgan fingerprint density at radius 2 is 1.70 bits per heavy atom. The largest absolute Gasteiger partial charge is 0.497 e. The number of carbonyl (C=O) groups is 2. The Kier molecular flexibility index (Phi) is 9.38. The number of aryl methyl sites for hydroxylation is 3. The molecule has 0 spiro atoms. The lowest BCUT2D eigenvalue weighted by atomic mass is 10.1. The highest BCUT2D eigenvalue weighted by atomic mass is 16.5. The third-order valence-corrected chi connectivity index (χ3v) is 8.07. The summed E-state index contributed by atoms with van der Waals surface area (Å²) in [6, 6.07) is 14.3. The van der Waals surface area contributed by atoms with E-state index in [1.165, 1.54) is 13.3 Å². The molecule has 6 rings (SSSR count). The highest BCUT2D eigenvalue weighted by molar-refractivity contribution is 6.02. The van der Waals surface area contributed by atoms with Crippen molar-refractivity contribution in [3.05, 3.63) is 83.0 Å². The highest BCUT2D eigenvalue weighted by Gasteiger charge is 2.30. The van der Waals surface area contributed by atoms with Crippen LogP contribution < -0.4 is 24.3 Å². The Morgan fingerprint density at radius 3 is 2.38 bits per heavy atom. The van der Waals surface area contributed by atoms with Crippen LogP contribution >= 0.6 is 0 Å². The summed E-state index contributed by atoms with van der Waals surface area (Å²) >= 11 is 0. The van der Waals surface area contributed by atoms with E-state index < -0.39 is 17.6 Å². The first-order chi connectivity index (χ1) is 24.1. The first-order valence-electron chi connectivity index (χ1n) is 15.6. The van der Waals surface area contributed by atoms with E-state index in [1.807, 2.05) is 31.2 Å². The van der Waals surface area contributed by atoms with E-state index in [4.69, 9.17) is 23.4 Å². The zero-order valence-corrected chi connectivity index (χ0v) is 28.3. The summed E-state index contributed by atoms with van der Waals surface area (Å²) in [5.74, 6) is -0.150. The van der Waals surface area contributed by atoms with Gasteiger partial charge in [-0.1, -0.05) is 12.1 Å². The molecule has 2 N–H and O–H groups in total. The lowest BCUT2D eigenvalue weighted by Gasteiger charge is -2.12. The monoisotopic (exact) mass is 681 g/mol. The van der Waals surface area contributed by atoms with E-state index in [2.05, 4.69) is 25.5 Å². The minimum atomic E-state index is -1.38. The van der Waals surface area contributed by atoms with Crippen molar-refractivity contribution in [2.75, 3.05) is 21.3 Å². The quantitative estimate of drug-likeness (QED) is 0.166. The average Bonchev–Trinajstić information content (AvgIpc) is 3.84.